The molecule has 0 amide bonds. The Balaban J connectivity index is 2.01. The Morgan fingerprint density at radius 2 is 1.83 bits per heavy atom. The molecule has 0 radical (unpaired) electrons. The van der Waals surface area contributed by atoms with Gasteiger partial charge >= 0.3 is 0 Å². The summed E-state index contributed by atoms with van der Waals surface area (Å²) in [6.07, 6.45) is 3.50. The number of hydrogen-bond acceptors (Lipinski definition) is 4. The van der Waals surface area contributed by atoms with E-state index in [1.807, 2.05) is 28.7 Å². The van der Waals surface area contributed by atoms with Crippen LogP contribution in [0.1, 0.15) is 26.6 Å². The Hall–Kier alpha value is -2.47. The van der Waals surface area contributed by atoms with Gasteiger partial charge < -0.3 is 0 Å². The summed E-state index contributed by atoms with van der Waals surface area (Å²) in [7, 11) is 0. The van der Waals surface area contributed by atoms with Gasteiger partial charge in [0.1, 0.15) is 12.2 Å². The number of para-hydroxylation sites is 1. The van der Waals surface area contributed by atoms with Crippen molar-refractivity contribution in [3.05, 3.63) is 47.6 Å². The Kier molecular flexibility index (Phi) is 2.93. The minimum atomic E-state index is -0.118. The molecule has 4 aromatic rings. The number of hydrogen-bond donors (Lipinski definition) is 0. The molecule has 116 valence electrons. The van der Waals surface area contributed by atoms with Crippen LogP contribution in [0.5, 0.6) is 0 Å². The molecule has 0 spiro atoms. The number of halogens is 1. The molecule has 7 heteroatoms. The molecule has 3 heterocycles. The number of aromatic nitrogens is 6. The number of rotatable bonds is 1. The Labute approximate surface area is 137 Å². The first-order valence-electron chi connectivity index (χ1n) is 7.29. The minimum absolute atomic E-state index is 0.118. The normalized spacial score (nSPS) is 12.3. The first-order valence-corrected chi connectivity index (χ1v) is 7.67. The summed E-state index contributed by atoms with van der Waals surface area (Å²) in [5.74, 6) is 0.868. The molecule has 0 aliphatic carbocycles. The lowest BCUT2D eigenvalue weighted by molar-refractivity contribution is 0.537. The zero-order valence-electron chi connectivity index (χ0n) is 13.0. The van der Waals surface area contributed by atoms with Crippen molar-refractivity contribution in [1.82, 2.24) is 29.4 Å². The molecule has 0 bridgehead atoms. The van der Waals surface area contributed by atoms with Crippen molar-refractivity contribution in [1.29, 1.82) is 0 Å². The van der Waals surface area contributed by atoms with Crippen LogP contribution >= 0.6 is 11.6 Å². The number of fused-ring (bicyclic) bond motifs is 3. The molecule has 6 nitrogen and oxygen atoms in total. The van der Waals surface area contributed by atoms with Crippen molar-refractivity contribution < 1.29 is 0 Å². The summed E-state index contributed by atoms with van der Waals surface area (Å²) >= 11 is 6.28. The smallest absolute Gasteiger partial charge is 0.174 e. The van der Waals surface area contributed by atoms with Crippen LogP contribution in [-0.2, 0) is 5.41 Å². The van der Waals surface area contributed by atoms with Crippen molar-refractivity contribution >= 4 is 28.3 Å². The third-order valence-electron chi connectivity index (χ3n) is 3.73. The summed E-state index contributed by atoms with van der Waals surface area (Å²) in [5, 5.41) is 14.6. The molecule has 3 aromatic heterocycles. The molecule has 0 saturated heterocycles. The third-order valence-corrected chi connectivity index (χ3v) is 4.05. The SMILES string of the molecule is CC(C)(C)c1nnc2c3cnn(-c4ccccc4Cl)c3ncn12. The largest absolute Gasteiger partial charge is 0.268 e. The topological polar surface area (TPSA) is 60.9 Å². The van der Waals surface area contributed by atoms with E-state index in [-0.39, 0.29) is 5.41 Å². The van der Waals surface area contributed by atoms with E-state index >= 15 is 0 Å². The number of nitrogens with zero attached hydrogens (tertiary/aromatic N) is 6. The van der Waals surface area contributed by atoms with Crippen molar-refractivity contribution in [2.75, 3.05) is 0 Å². The lowest BCUT2D eigenvalue weighted by atomic mass is 9.96. The second-order valence-corrected chi connectivity index (χ2v) is 6.86. The lowest BCUT2D eigenvalue weighted by Crippen LogP contribution is -2.16. The van der Waals surface area contributed by atoms with Crippen LogP contribution in [0.15, 0.2) is 36.8 Å². The summed E-state index contributed by atoms with van der Waals surface area (Å²) in [5.41, 5.74) is 2.13. The van der Waals surface area contributed by atoms with Gasteiger partial charge in [0.25, 0.3) is 0 Å². The molecule has 0 N–H and O–H groups in total. The van der Waals surface area contributed by atoms with E-state index in [2.05, 4.69) is 41.1 Å². The number of benzene rings is 1. The van der Waals surface area contributed by atoms with E-state index in [1.54, 1.807) is 17.2 Å². The quantitative estimate of drug-likeness (QED) is 0.538. The molecule has 0 unspecified atom stereocenters. The van der Waals surface area contributed by atoms with Gasteiger partial charge in [0.05, 0.1) is 22.3 Å². The fourth-order valence-electron chi connectivity index (χ4n) is 2.63. The van der Waals surface area contributed by atoms with Crippen molar-refractivity contribution in [3.8, 4) is 5.69 Å². The zero-order chi connectivity index (χ0) is 16.2. The van der Waals surface area contributed by atoms with Gasteiger partial charge in [-0.2, -0.15) is 5.10 Å². The summed E-state index contributed by atoms with van der Waals surface area (Å²) < 4.78 is 3.64. The second kappa shape index (κ2) is 4.76. The van der Waals surface area contributed by atoms with Crippen LogP contribution in [0.25, 0.3) is 22.4 Å². The highest BCUT2D eigenvalue weighted by Gasteiger charge is 2.23. The van der Waals surface area contributed by atoms with E-state index in [0.717, 1.165) is 22.5 Å². The van der Waals surface area contributed by atoms with Crippen molar-refractivity contribution in [3.63, 3.8) is 0 Å². The summed E-state index contributed by atoms with van der Waals surface area (Å²) in [4.78, 5) is 4.56. The average molecular weight is 327 g/mol. The predicted octanol–water partition coefficient (Wildman–Crippen LogP) is 3.41. The molecular formula is C16H15ClN6. The fourth-order valence-corrected chi connectivity index (χ4v) is 2.85. The van der Waals surface area contributed by atoms with Crippen LogP contribution in [0.4, 0.5) is 0 Å². The van der Waals surface area contributed by atoms with Gasteiger partial charge in [0.2, 0.25) is 0 Å². The molecule has 0 fully saturated rings. The van der Waals surface area contributed by atoms with Crippen LogP contribution < -0.4 is 0 Å². The highest BCUT2D eigenvalue weighted by Crippen LogP contribution is 2.27. The van der Waals surface area contributed by atoms with Gasteiger partial charge in [-0.05, 0) is 12.1 Å². The van der Waals surface area contributed by atoms with Crippen LogP contribution in [0, 0.1) is 0 Å². The Morgan fingerprint density at radius 3 is 2.57 bits per heavy atom. The van der Waals surface area contributed by atoms with Crippen LogP contribution in [0.2, 0.25) is 5.02 Å². The molecule has 0 saturated carbocycles. The lowest BCUT2D eigenvalue weighted by Gasteiger charge is -2.15. The van der Waals surface area contributed by atoms with E-state index < -0.39 is 0 Å². The van der Waals surface area contributed by atoms with Gasteiger partial charge in [-0.1, -0.05) is 44.5 Å². The van der Waals surface area contributed by atoms with Crippen LogP contribution in [0.3, 0.4) is 0 Å². The molecule has 0 aliphatic heterocycles. The van der Waals surface area contributed by atoms with Gasteiger partial charge in [0, 0.05) is 5.41 Å². The van der Waals surface area contributed by atoms with Gasteiger partial charge in [-0.15, -0.1) is 10.2 Å². The summed E-state index contributed by atoms with van der Waals surface area (Å²) in [6, 6.07) is 7.54. The molecule has 0 aliphatic rings. The van der Waals surface area contributed by atoms with Crippen molar-refractivity contribution in [2.24, 2.45) is 0 Å². The summed E-state index contributed by atoms with van der Waals surface area (Å²) in [6.45, 7) is 6.29. The molecular weight excluding hydrogens is 312 g/mol. The first-order chi connectivity index (χ1) is 11.0. The maximum absolute atomic E-state index is 6.28. The van der Waals surface area contributed by atoms with E-state index in [4.69, 9.17) is 11.6 Å². The highest BCUT2D eigenvalue weighted by atomic mass is 35.5. The van der Waals surface area contributed by atoms with E-state index in [0.29, 0.717) is 10.7 Å². The fraction of sp³-hybridized carbons (Fsp3) is 0.250. The van der Waals surface area contributed by atoms with Gasteiger partial charge in [0.15, 0.2) is 11.3 Å². The highest BCUT2D eigenvalue weighted by molar-refractivity contribution is 6.32. The molecule has 0 atom stereocenters. The maximum atomic E-state index is 6.28. The third kappa shape index (κ3) is 2.09. The predicted molar refractivity (Wildman–Crippen MR) is 89.1 cm³/mol. The van der Waals surface area contributed by atoms with E-state index in [1.165, 1.54) is 0 Å². The standard InChI is InChI=1S/C16H15ClN6/c1-16(2,3)15-21-20-14-10-8-19-23(13(10)18-9-22(14)15)12-7-5-4-6-11(12)17/h4-9H,1-3H3. The van der Waals surface area contributed by atoms with E-state index in [9.17, 15) is 0 Å². The van der Waals surface area contributed by atoms with Crippen LogP contribution in [-0.4, -0.2) is 29.4 Å². The van der Waals surface area contributed by atoms with Crippen molar-refractivity contribution in [2.45, 2.75) is 26.2 Å². The maximum Gasteiger partial charge on any atom is 0.174 e. The Bertz CT molecular complexity index is 1020. The van der Waals surface area contributed by atoms with Gasteiger partial charge in [-0.25, -0.2) is 9.67 Å². The molecule has 4 rings (SSSR count). The zero-order valence-corrected chi connectivity index (χ0v) is 13.8. The second-order valence-electron chi connectivity index (χ2n) is 6.46. The average Bonchev–Trinajstić information content (AvgIpc) is 3.10. The molecule has 1 aromatic carbocycles. The van der Waals surface area contributed by atoms with Gasteiger partial charge in [-0.3, -0.25) is 4.40 Å². The minimum Gasteiger partial charge on any atom is -0.268 e. The molecule has 23 heavy (non-hydrogen) atoms. The first kappa shape index (κ1) is 14.1. The Morgan fingerprint density at radius 1 is 1.04 bits per heavy atom. The monoisotopic (exact) mass is 326 g/mol.